The molecule has 0 aliphatic heterocycles. The predicted octanol–water partition coefficient (Wildman–Crippen LogP) is 3.47. The number of carbonyl (C=O) groups excluding carboxylic acids is 3. The van der Waals surface area contributed by atoms with Crippen molar-refractivity contribution in [3.8, 4) is 0 Å². The highest BCUT2D eigenvalue weighted by Crippen LogP contribution is 2.22. The molecule has 1 amide bonds. The first-order valence-corrected chi connectivity index (χ1v) is 9.45. The van der Waals surface area contributed by atoms with E-state index in [9.17, 15) is 14.4 Å². The zero-order valence-corrected chi connectivity index (χ0v) is 16.3. The first kappa shape index (κ1) is 19.4. The van der Waals surface area contributed by atoms with E-state index in [-0.39, 0.29) is 11.7 Å². The number of nitrogens with zero attached hydrogens (tertiary/aromatic N) is 1. The van der Waals surface area contributed by atoms with E-state index in [0.717, 1.165) is 9.88 Å². The summed E-state index contributed by atoms with van der Waals surface area (Å²) in [5, 5.41) is 6.75. The van der Waals surface area contributed by atoms with Gasteiger partial charge in [-0.25, -0.2) is 4.98 Å². The van der Waals surface area contributed by atoms with Crippen molar-refractivity contribution in [1.29, 1.82) is 0 Å². The van der Waals surface area contributed by atoms with Crippen molar-refractivity contribution in [2.45, 2.75) is 13.5 Å². The molecule has 28 heavy (non-hydrogen) atoms. The Morgan fingerprint density at radius 3 is 2.61 bits per heavy atom. The van der Waals surface area contributed by atoms with Crippen molar-refractivity contribution in [2.75, 3.05) is 12.4 Å². The molecule has 0 atom stereocenters. The zero-order valence-electron chi connectivity index (χ0n) is 15.5. The number of aromatic nitrogens is 1. The van der Waals surface area contributed by atoms with Crippen molar-refractivity contribution in [1.82, 2.24) is 10.3 Å². The second kappa shape index (κ2) is 8.58. The number of rotatable bonds is 7. The molecule has 0 aliphatic carbocycles. The van der Waals surface area contributed by atoms with E-state index < -0.39 is 0 Å². The van der Waals surface area contributed by atoms with Crippen LogP contribution in [0.3, 0.4) is 0 Å². The minimum absolute atomic E-state index is 0.241. The van der Waals surface area contributed by atoms with Crippen molar-refractivity contribution in [2.24, 2.45) is 0 Å². The third-order valence-corrected chi connectivity index (χ3v) is 5.13. The van der Waals surface area contributed by atoms with Crippen molar-refractivity contribution in [3.63, 3.8) is 0 Å². The Morgan fingerprint density at radius 1 is 1.14 bits per heavy atom. The van der Waals surface area contributed by atoms with Crippen molar-refractivity contribution < 1.29 is 14.4 Å². The van der Waals surface area contributed by atoms with Crippen molar-refractivity contribution >= 4 is 35.0 Å². The van der Waals surface area contributed by atoms with E-state index in [1.54, 1.807) is 55.7 Å². The van der Waals surface area contributed by atoms with Crippen LogP contribution in [0.15, 0.2) is 48.7 Å². The summed E-state index contributed by atoms with van der Waals surface area (Å²) in [6.45, 7) is 2.31. The largest absolute Gasteiger partial charge is 0.388 e. The van der Waals surface area contributed by atoms with Gasteiger partial charge < -0.3 is 10.6 Å². The minimum atomic E-state index is -0.279. The normalized spacial score (nSPS) is 10.4. The monoisotopic (exact) mass is 393 g/mol. The maximum atomic E-state index is 12.9. The molecule has 142 valence electrons. The number of thiazole rings is 1. The zero-order chi connectivity index (χ0) is 20.1. The number of nitrogens with one attached hydrogen (secondary N) is 2. The van der Waals surface area contributed by atoms with Gasteiger partial charge in [-0.15, -0.1) is 11.3 Å². The molecule has 0 aliphatic rings. The van der Waals surface area contributed by atoms with Crippen LogP contribution in [-0.4, -0.2) is 30.0 Å². The van der Waals surface area contributed by atoms with Crippen LogP contribution in [0.25, 0.3) is 0 Å². The third kappa shape index (κ3) is 4.15. The van der Waals surface area contributed by atoms with E-state index in [4.69, 9.17) is 0 Å². The van der Waals surface area contributed by atoms with Crippen LogP contribution in [0.5, 0.6) is 0 Å². The van der Waals surface area contributed by atoms with Gasteiger partial charge >= 0.3 is 0 Å². The Kier molecular flexibility index (Phi) is 5.96. The Bertz CT molecular complexity index is 1040. The first-order valence-electron chi connectivity index (χ1n) is 8.63. The van der Waals surface area contributed by atoms with Crippen LogP contribution in [0.2, 0.25) is 0 Å². The number of anilines is 1. The second-order valence-corrected chi connectivity index (χ2v) is 7.39. The summed E-state index contributed by atoms with van der Waals surface area (Å²) in [5.41, 5.74) is 2.01. The van der Waals surface area contributed by atoms with Gasteiger partial charge in [-0.2, -0.15) is 0 Å². The third-order valence-electron chi connectivity index (χ3n) is 4.22. The number of carbonyl (C=O) groups is 3. The molecule has 1 aromatic heterocycles. The maximum absolute atomic E-state index is 12.9. The lowest BCUT2D eigenvalue weighted by atomic mass is 9.96. The smallest absolute Gasteiger partial charge is 0.251 e. The molecule has 2 aromatic carbocycles. The SMILES string of the molecule is CNc1cc(C(=O)NCc2cnc(C)s2)ccc1C(=O)c1ccccc1C=O. The van der Waals surface area contributed by atoms with Gasteiger partial charge in [0.2, 0.25) is 0 Å². The van der Waals surface area contributed by atoms with Crippen LogP contribution < -0.4 is 10.6 Å². The Morgan fingerprint density at radius 2 is 1.93 bits per heavy atom. The highest BCUT2D eigenvalue weighted by atomic mass is 32.1. The second-order valence-electron chi connectivity index (χ2n) is 6.07. The molecule has 2 N–H and O–H groups in total. The Labute approximate surface area is 166 Å². The molecule has 6 nitrogen and oxygen atoms in total. The number of amides is 1. The quantitative estimate of drug-likeness (QED) is 0.474. The summed E-state index contributed by atoms with van der Waals surface area (Å²) in [5.74, 6) is -0.519. The van der Waals surface area contributed by atoms with Crippen molar-refractivity contribution in [3.05, 3.63) is 80.8 Å². The highest BCUT2D eigenvalue weighted by molar-refractivity contribution is 7.11. The molecule has 0 saturated carbocycles. The molecule has 0 bridgehead atoms. The Balaban J connectivity index is 1.82. The average molecular weight is 393 g/mol. The fourth-order valence-electron chi connectivity index (χ4n) is 2.80. The van der Waals surface area contributed by atoms with Crippen LogP contribution >= 0.6 is 11.3 Å². The van der Waals surface area contributed by atoms with Gasteiger partial charge in [-0.05, 0) is 25.1 Å². The molecule has 0 spiro atoms. The topological polar surface area (TPSA) is 88.2 Å². The summed E-state index contributed by atoms with van der Waals surface area (Å²) < 4.78 is 0. The number of benzene rings is 2. The Hall–Kier alpha value is -3.32. The lowest BCUT2D eigenvalue weighted by Gasteiger charge is -2.12. The van der Waals surface area contributed by atoms with E-state index >= 15 is 0 Å². The van der Waals surface area contributed by atoms with E-state index in [1.807, 2.05) is 6.92 Å². The lowest BCUT2D eigenvalue weighted by molar-refractivity contribution is 0.0949. The molecule has 0 radical (unpaired) electrons. The van der Waals surface area contributed by atoms with E-state index in [1.165, 1.54) is 11.3 Å². The maximum Gasteiger partial charge on any atom is 0.251 e. The molecule has 0 saturated heterocycles. The highest BCUT2D eigenvalue weighted by Gasteiger charge is 2.18. The van der Waals surface area contributed by atoms with Gasteiger partial charge in [-0.1, -0.05) is 24.3 Å². The molecular weight excluding hydrogens is 374 g/mol. The number of aldehydes is 1. The summed E-state index contributed by atoms with van der Waals surface area (Å²) in [6.07, 6.45) is 2.40. The van der Waals surface area contributed by atoms with Crippen LogP contribution in [0.4, 0.5) is 5.69 Å². The minimum Gasteiger partial charge on any atom is -0.388 e. The van der Waals surface area contributed by atoms with Crippen LogP contribution in [0.1, 0.15) is 46.5 Å². The fourth-order valence-corrected chi connectivity index (χ4v) is 3.53. The standard InChI is InChI=1S/C21H19N3O3S/c1-13-23-10-16(28-13)11-24-21(27)14-7-8-18(19(9-14)22-2)20(26)17-6-4-3-5-15(17)12-25/h3-10,12,22H,11H2,1-2H3,(H,24,27). The first-order chi connectivity index (χ1) is 13.5. The molecule has 3 rings (SSSR count). The van der Waals surface area contributed by atoms with Gasteiger partial charge in [0.05, 0.1) is 11.6 Å². The fraction of sp³-hybridized carbons (Fsp3) is 0.143. The summed E-state index contributed by atoms with van der Waals surface area (Å²) in [7, 11) is 1.68. The molecular formula is C21H19N3O3S. The van der Waals surface area contributed by atoms with Gasteiger partial charge in [0.1, 0.15) is 0 Å². The molecule has 0 fully saturated rings. The van der Waals surface area contributed by atoms with E-state index in [0.29, 0.717) is 40.8 Å². The average Bonchev–Trinajstić information content (AvgIpc) is 3.16. The molecule has 1 heterocycles. The number of hydrogen-bond acceptors (Lipinski definition) is 6. The number of aryl methyl sites for hydroxylation is 1. The van der Waals surface area contributed by atoms with Crippen LogP contribution in [0, 0.1) is 6.92 Å². The number of hydrogen-bond donors (Lipinski definition) is 2. The van der Waals surface area contributed by atoms with E-state index in [2.05, 4.69) is 15.6 Å². The molecule has 7 heteroatoms. The van der Waals surface area contributed by atoms with Gasteiger partial charge in [0, 0.05) is 46.1 Å². The number of ketones is 1. The summed E-state index contributed by atoms with van der Waals surface area (Å²) in [6, 6.07) is 11.5. The lowest BCUT2D eigenvalue weighted by Crippen LogP contribution is -2.22. The van der Waals surface area contributed by atoms with Gasteiger partial charge in [-0.3, -0.25) is 14.4 Å². The summed E-state index contributed by atoms with van der Waals surface area (Å²) in [4.78, 5) is 41.7. The molecule has 0 unspecified atom stereocenters. The van der Waals surface area contributed by atoms with Gasteiger partial charge in [0.25, 0.3) is 5.91 Å². The predicted molar refractivity (Wildman–Crippen MR) is 109 cm³/mol. The van der Waals surface area contributed by atoms with Crippen LogP contribution in [-0.2, 0) is 6.54 Å². The van der Waals surface area contributed by atoms with Gasteiger partial charge in [0.15, 0.2) is 12.1 Å². The molecule has 3 aromatic rings. The summed E-state index contributed by atoms with van der Waals surface area (Å²) >= 11 is 1.53.